The summed E-state index contributed by atoms with van der Waals surface area (Å²) in [5.74, 6) is 1.60. The topological polar surface area (TPSA) is 60.0 Å². The van der Waals surface area contributed by atoms with Gasteiger partial charge in [-0.25, -0.2) is 0 Å². The summed E-state index contributed by atoms with van der Waals surface area (Å²) in [7, 11) is 3.09. The van der Waals surface area contributed by atoms with Crippen LogP contribution in [0.4, 0.5) is 5.69 Å². The minimum absolute atomic E-state index is 0.263. The van der Waals surface area contributed by atoms with Gasteiger partial charge >= 0.3 is 0 Å². The molecular weight excluding hydrogens is 344 g/mol. The van der Waals surface area contributed by atoms with E-state index >= 15 is 0 Å². The maximum absolute atomic E-state index is 12.6. The number of nitrogens with zero attached hydrogens (tertiary/aromatic N) is 1. The number of benzene rings is 2. The van der Waals surface area contributed by atoms with E-state index in [1.165, 1.54) is 7.11 Å². The fraction of sp³-hybridized carbons (Fsp3) is 0.381. The zero-order chi connectivity index (χ0) is 19.6. The van der Waals surface area contributed by atoms with Crippen molar-refractivity contribution in [3.63, 3.8) is 0 Å². The summed E-state index contributed by atoms with van der Waals surface area (Å²) in [5, 5.41) is 2.87. The lowest BCUT2D eigenvalue weighted by Gasteiger charge is -2.18. The van der Waals surface area contributed by atoms with Crippen molar-refractivity contribution in [3.8, 4) is 17.2 Å². The molecule has 0 radical (unpaired) electrons. The minimum atomic E-state index is -0.263. The van der Waals surface area contributed by atoms with Gasteiger partial charge in [0.25, 0.3) is 5.91 Å². The highest BCUT2D eigenvalue weighted by Crippen LogP contribution is 2.25. The number of carbonyl (C=O) groups excluding carboxylic acids is 1. The summed E-state index contributed by atoms with van der Waals surface area (Å²) in [6.45, 7) is 7.82. The van der Waals surface area contributed by atoms with Gasteiger partial charge in [-0.3, -0.25) is 4.79 Å². The maximum atomic E-state index is 12.6. The van der Waals surface area contributed by atoms with E-state index in [9.17, 15) is 4.79 Å². The molecule has 1 N–H and O–H groups in total. The number of nitrogens with one attached hydrogen (secondary N) is 1. The maximum Gasteiger partial charge on any atom is 0.259 e. The SMILES string of the molecule is CCN(CC)CCOc1ccc(NC(=O)c2cc(OC)ccc2OC)cc1. The lowest BCUT2D eigenvalue weighted by atomic mass is 10.1. The highest BCUT2D eigenvalue weighted by atomic mass is 16.5. The van der Waals surface area contributed by atoms with Crippen molar-refractivity contribution in [2.24, 2.45) is 0 Å². The van der Waals surface area contributed by atoms with Gasteiger partial charge in [0, 0.05) is 12.2 Å². The number of carbonyl (C=O) groups is 1. The molecule has 27 heavy (non-hydrogen) atoms. The molecule has 0 aliphatic rings. The molecule has 0 aliphatic heterocycles. The van der Waals surface area contributed by atoms with Crippen LogP contribution in [0.2, 0.25) is 0 Å². The zero-order valence-corrected chi connectivity index (χ0v) is 16.5. The van der Waals surface area contributed by atoms with Crippen LogP contribution in [0, 0.1) is 0 Å². The highest BCUT2D eigenvalue weighted by molar-refractivity contribution is 6.06. The van der Waals surface area contributed by atoms with Crippen molar-refractivity contribution in [2.45, 2.75) is 13.8 Å². The number of rotatable bonds is 10. The quantitative estimate of drug-likeness (QED) is 0.689. The van der Waals surface area contributed by atoms with Crippen molar-refractivity contribution in [2.75, 3.05) is 45.8 Å². The number of hydrogen-bond acceptors (Lipinski definition) is 5. The predicted octanol–water partition coefficient (Wildman–Crippen LogP) is 3.68. The van der Waals surface area contributed by atoms with Crippen molar-refractivity contribution in [3.05, 3.63) is 48.0 Å². The lowest BCUT2D eigenvalue weighted by Crippen LogP contribution is -2.27. The normalized spacial score (nSPS) is 10.6. The van der Waals surface area contributed by atoms with Gasteiger partial charge in [0.2, 0.25) is 0 Å². The number of hydrogen-bond donors (Lipinski definition) is 1. The summed E-state index contributed by atoms with van der Waals surface area (Å²) < 4.78 is 16.2. The third-order valence-electron chi connectivity index (χ3n) is 4.33. The molecule has 0 bridgehead atoms. The van der Waals surface area contributed by atoms with Gasteiger partial charge in [-0.2, -0.15) is 0 Å². The van der Waals surface area contributed by atoms with Crippen LogP contribution in [0.5, 0.6) is 17.2 Å². The first-order valence-corrected chi connectivity index (χ1v) is 9.09. The van der Waals surface area contributed by atoms with Gasteiger partial charge in [-0.05, 0) is 55.6 Å². The molecule has 146 valence electrons. The smallest absolute Gasteiger partial charge is 0.259 e. The van der Waals surface area contributed by atoms with E-state index in [2.05, 4.69) is 24.1 Å². The van der Waals surface area contributed by atoms with Crippen LogP contribution in [0.15, 0.2) is 42.5 Å². The minimum Gasteiger partial charge on any atom is -0.497 e. The van der Waals surface area contributed by atoms with Crippen molar-refractivity contribution >= 4 is 11.6 Å². The Labute approximate surface area is 161 Å². The molecule has 0 unspecified atom stereocenters. The van der Waals surface area contributed by atoms with Crippen molar-refractivity contribution < 1.29 is 19.0 Å². The van der Waals surface area contributed by atoms with Crippen LogP contribution in [0.3, 0.4) is 0 Å². The molecule has 2 rings (SSSR count). The number of amides is 1. The van der Waals surface area contributed by atoms with E-state index in [0.29, 0.717) is 29.4 Å². The second kappa shape index (κ2) is 10.4. The van der Waals surface area contributed by atoms with Crippen LogP contribution in [0.25, 0.3) is 0 Å². The lowest BCUT2D eigenvalue weighted by molar-refractivity contribution is 0.102. The first-order chi connectivity index (χ1) is 13.1. The number of likely N-dealkylation sites (N-methyl/N-ethyl adjacent to an activating group) is 1. The molecule has 2 aromatic carbocycles. The third kappa shape index (κ3) is 5.89. The van der Waals surface area contributed by atoms with E-state index in [4.69, 9.17) is 14.2 Å². The largest absolute Gasteiger partial charge is 0.497 e. The molecule has 2 aromatic rings. The van der Waals surface area contributed by atoms with Gasteiger partial charge in [0.15, 0.2) is 0 Å². The van der Waals surface area contributed by atoms with E-state index < -0.39 is 0 Å². The molecule has 0 aliphatic carbocycles. The average molecular weight is 372 g/mol. The first-order valence-electron chi connectivity index (χ1n) is 9.09. The molecular formula is C21H28N2O4. The summed E-state index contributed by atoms with van der Waals surface area (Å²) in [5.41, 5.74) is 1.09. The summed E-state index contributed by atoms with van der Waals surface area (Å²) >= 11 is 0. The Morgan fingerprint density at radius 1 is 0.963 bits per heavy atom. The molecule has 0 atom stereocenters. The predicted molar refractivity (Wildman–Crippen MR) is 107 cm³/mol. The second-order valence-corrected chi connectivity index (χ2v) is 5.92. The molecule has 0 aromatic heterocycles. The zero-order valence-electron chi connectivity index (χ0n) is 16.5. The Kier molecular flexibility index (Phi) is 7.95. The number of methoxy groups -OCH3 is 2. The molecule has 0 saturated heterocycles. The third-order valence-corrected chi connectivity index (χ3v) is 4.33. The summed E-state index contributed by atoms with van der Waals surface area (Å²) in [4.78, 5) is 14.9. The van der Waals surface area contributed by atoms with Crippen LogP contribution < -0.4 is 19.5 Å². The molecule has 0 fully saturated rings. The highest BCUT2D eigenvalue weighted by Gasteiger charge is 2.14. The van der Waals surface area contributed by atoms with Crippen LogP contribution in [0.1, 0.15) is 24.2 Å². The Morgan fingerprint density at radius 3 is 2.22 bits per heavy atom. The van der Waals surface area contributed by atoms with E-state index in [1.54, 1.807) is 25.3 Å². The fourth-order valence-corrected chi connectivity index (χ4v) is 2.66. The standard InChI is InChI=1S/C21H28N2O4/c1-5-23(6-2)13-14-27-17-9-7-16(8-10-17)22-21(24)19-15-18(25-3)11-12-20(19)26-4/h7-12,15H,5-6,13-14H2,1-4H3,(H,22,24). The first kappa shape index (κ1) is 20.6. The second-order valence-electron chi connectivity index (χ2n) is 5.92. The molecule has 0 saturated carbocycles. The van der Waals surface area contributed by atoms with Crippen LogP contribution >= 0.6 is 0 Å². The molecule has 1 amide bonds. The molecule has 0 heterocycles. The van der Waals surface area contributed by atoms with E-state index in [1.807, 2.05) is 24.3 Å². The molecule has 6 heteroatoms. The monoisotopic (exact) mass is 372 g/mol. The number of ether oxygens (including phenoxy) is 3. The van der Waals surface area contributed by atoms with Gasteiger partial charge < -0.3 is 24.4 Å². The Bertz CT molecular complexity index is 727. The Balaban J connectivity index is 1.97. The van der Waals surface area contributed by atoms with Crippen molar-refractivity contribution in [1.29, 1.82) is 0 Å². The summed E-state index contributed by atoms with van der Waals surface area (Å²) in [6.07, 6.45) is 0. The van der Waals surface area contributed by atoms with Gasteiger partial charge in [0.1, 0.15) is 23.9 Å². The van der Waals surface area contributed by atoms with Gasteiger partial charge in [-0.1, -0.05) is 13.8 Å². The summed E-state index contributed by atoms with van der Waals surface area (Å²) in [6, 6.07) is 12.4. The Hall–Kier alpha value is -2.73. The van der Waals surface area contributed by atoms with E-state index in [-0.39, 0.29) is 5.91 Å². The average Bonchev–Trinajstić information content (AvgIpc) is 2.71. The van der Waals surface area contributed by atoms with E-state index in [0.717, 1.165) is 25.4 Å². The molecule has 6 nitrogen and oxygen atoms in total. The van der Waals surface area contributed by atoms with Gasteiger partial charge in [0.05, 0.1) is 19.8 Å². The number of anilines is 1. The van der Waals surface area contributed by atoms with Crippen LogP contribution in [-0.4, -0.2) is 51.3 Å². The van der Waals surface area contributed by atoms with Gasteiger partial charge in [-0.15, -0.1) is 0 Å². The van der Waals surface area contributed by atoms with Crippen molar-refractivity contribution in [1.82, 2.24) is 4.90 Å². The van der Waals surface area contributed by atoms with Crippen LogP contribution in [-0.2, 0) is 0 Å². The molecule has 0 spiro atoms. The Morgan fingerprint density at radius 2 is 1.63 bits per heavy atom. The fourth-order valence-electron chi connectivity index (χ4n) is 2.66.